The molecule has 7 nitrogen and oxygen atoms in total. The molecule has 2 aromatic heterocycles. The molecule has 0 spiro atoms. The number of carbonyl (C=O) groups is 1. The third kappa shape index (κ3) is 4.77. The molecule has 0 atom stereocenters. The fourth-order valence-corrected chi connectivity index (χ4v) is 2.45. The predicted octanol–water partition coefficient (Wildman–Crippen LogP) is 3.67. The number of ether oxygens (including phenoxy) is 1. The number of amides is 1. The maximum absolute atomic E-state index is 13.5. The molecule has 3 aromatic rings. The van der Waals surface area contributed by atoms with E-state index in [-0.39, 0.29) is 17.5 Å². The third-order valence-corrected chi connectivity index (χ3v) is 3.77. The van der Waals surface area contributed by atoms with Crippen LogP contribution in [0, 0.1) is 0 Å². The molecule has 1 aromatic carbocycles. The highest BCUT2D eigenvalue weighted by Crippen LogP contribution is 2.37. The van der Waals surface area contributed by atoms with Gasteiger partial charge in [-0.3, -0.25) is 0 Å². The van der Waals surface area contributed by atoms with Crippen molar-refractivity contribution in [1.82, 2.24) is 25.3 Å². The van der Waals surface area contributed by atoms with Gasteiger partial charge >= 0.3 is 12.3 Å². The Hall–Kier alpha value is -3.14. The number of benzene rings is 1. The van der Waals surface area contributed by atoms with Crippen LogP contribution in [-0.2, 0) is 12.6 Å². The van der Waals surface area contributed by atoms with Crippen molar-refractivity contribution in [3.8, 4) is 11.6 Å². The summed E-state index contributed by atoms with van der Waals surface area (Å²) in [5.41, 5.74) is -0.324. The summed E-state index contributed by atoms with van der Waals surface area (Å²) in [5.74, 6) is -0.975. The Bertz CT molecular complexity index is 946. The molecule has 0 fully saturated rings. The first-order chi connectivity index (χ1) is 13.3. The number of nitrogens with one attached hydrogen (secondary N) is 1. The van der Waals surface area contributed by atoms with Crippen LogP contribution in [0.15, 0.2) is 48.7 Å². The number of hydrogen-bond donors (Lipinski definition) is 1. The van der Waals surface area contributed by atoms with E-state index in [1.54, 1.807) is 0 Å². The van der Waals surface area contributed by atoms with Crippen molar-refractivity contribution < 1.29 is 22.7 Å². The van der Waals surface area contributed by atoms with Crippen molar-refractivity contribution in [3.63, 3.8) is 0 Å². The summed E-state index contributed by atoms with van der Waals surface area (Å²) in [6.07, 6.45) is -4.59. The summed E-state index contributed by atoms with van der Waals surface area (Å²) in [4.78, 5) is 11.9. The van der Waals surface area contributed by atoms with Gasteiger partial charge in [0.05, 0.1) is 6.20 Å². The minimum atomic E-state index is -4.85. The van der Waals surface area contributed by atoms with Crippen molar-refractivity contribution in [3.05, 3.63) is 65.1 Å². The molecule has 11 heteroatoms. The van der Waals surface area contributed by atoms with E-state index in [9.17, 15) is 18.0 Å². The van der Waals surface area contributed by atoms with Crippen LogP contribution in [0.25, 0.3) is 5.82 Å². The average molecular weight is 412 g/mol. The first kappa shape index (κ1) is 19.6. The Balaban J connectivity index is 1.72. The van der Waals surface area contributed by atoms with Gasteiger partial charge in [-0.25, -0.2) is 9.48 Å². The number of nitrogens with zero attached hydrogens (tertiary/aromatic N) is 4. The minimum absolute atomic E-state index is 0.0127. The fourth-order valence-electron chi connectivity index (χ4n) is 2.35. The molecule has 3 rings (SSSR count). The van der Waals surface area contributed by atoms with Crippen molar-refractivity contribution >= 4 is 17.7 Å². The van der Waals surface area contributed by atoms with E-state index in [4.69, 9.17) is 16.3 Å². The summed E-state index contributed by atoms with van der Waals surface area (Å²) in [6, 6.07) is 11.8. The normalized spacial score (nSPS) is 11.3. The Morgan fingerprint density at radius 3 is 2.54 bits per heavy atom. The van der Waals surface area contributed by atoms with Gasteiger partial charge in [-0.1, -0.05) is 41.9 Å². The largest absolute Gasteiger partial charge is 0.437 e. The van der Waals surface area contributed by atoms with Gasteiger partial charge in [-0.15, -0.1) is 10.2 Å². The Morgan fingerprint density at radius 1 is 1.14 bits per heavy atom. The lowest BCUT2D eigenvalue weighted by Crippen LogP contribution is -2.29. The highest BCUT2D eigenvalue weighted by atomic mass is 35.5. The summed E-state index contributed by atoms with van der Waals surface area (Å²) >= 11 is 5.59. The van der Waals surface area contributed by atoms with E-state index in [2.05, 4.69) is 20.6 Å². The molecule has 0 saturated heterocycles. The third-order valence-electron chi connectivity index (χ3n) is 3.57. The molecule has 0 radical (unpaired) electrons. The molecule has 1 N–H and O–H groups in total. The molecular formula is C17H13ClF3N5O2. The predicted molar refractivity (Wildman–Crippen MR) is 93.3 cm³/mol. The minimum Gasteiger partial charge on any atom is -0.406 e. The molecule has 0 aliphatic rings. The van der Waals surface area contributed by atoms with E-state index >= 15 is 0 Å². The lowest BCUT2D eigenvalue weighted by molar-refractivity contribution is -0.143. The van der Waals surface area contributed by atoms with Gasteiger partial charge in [0.1, 0.15) is 0 Å². The van der Waals surface area contributed by atoms with Gasteiger partial charge in [-0.05, 0) is 24.1 Å². The van der Waals surface area contributed by atoms with Crippen LogP contribution < -0.4 is 10.1 Å². The summed E-state index contributed by atoms with van der Waals surface area (Å²) in [5, 5.41) is 13.1. The topological polar surface area (TPSA) is 81.9 Å². The molecule has 0 aliphatic carbocycles. The van der Waals surface area contributed by atoms with Gasteiger partial charge < -0.3 is 10.1 Å². The monoisotopic (exact) mass is 411 g/mol. The maximum atomic E-state index is 13.5. The fraction of sp³-hybridized carbons (Fsp3) is 0.176. The zero-order valence-electron chi connectivity index (χ0n) is 14.2. The van der Waals surface area contributed by atoms with Crippen LogP contribution in [0.2, 0.25) is 5.15 Å². The molecule has 1 amide bonds. The van der Waals surface area contributed by atoms with E-state index in [1.165, 1.54) is 12.1 Å². The Morgan fingerprint density at radius 2 is 1.89 bits per heavy atom. The average Bonchev–Trinajstić information content (AvgIpc) is 3.07. The van der Waals surface area contributed by atoms with E-state index < -0.39 is 23.7 Å². The summed E-state index contributed by atoms with van der Waals surface area (Å²) in [6.45, 7) is 0.195. The van der Waals surface area contributed by atoms with Gasteiger partial charge in [0.25, 0.3) is 0 Å². The lowest BCUT2D eigenvalue weighted by atomic mass is 10.1. The molecule has 2 heterocycles. The van der Waals surface area contributed by atoms with Crippen LogP contribution in [0.5, 0.6) is 5.75 Å². The summed E-state index contributed by atoms with van der Waals surface area (Å²) < 4.78 is 45.7. The Labute approximate surface area is 162 Å². The van der Waals surface area contributed by atoms with Gasteiger partial charge in [-0.2, -0.15) is 18.3 Å². The standard InChI is InChI=1S/C17H13ClF3N5O2/c18-13-6-7-14(25-24-13)26-15(17(19,20)21)12(10-23-26)28-16(27)22-9-8-11-4-2-1-3-5-11/h1-7,10H,8-9H2,(H,22,27). The van der Waals surface area contributed by atoms with Crippen molar-refractivity contribution in [2.24, 2.45) is 0 Å². The number of halogens is 4. The zero-order chi connectivity index (χ0) is 20.1. The first-order valence-corrected chi connectivity index (χ1v) is 8.37. The maximum Gasteiger partial charge on any atom is 0.437 e. The molecular weight excluding hydrogens is 399 g/mol. The van der Waals surface area contributed by atoms with E-state index in [1.807, 2.05) is 30.3 Å². The van der Waals surface area contributed by atoms with Gasteiger partial charge in [0.2, 0.25) is 0 Å². The second-order valence-electron chi connectivity index (χ2n) is 5.53. The van der Waals surface area contributed by atoms with Crippen LogP contribution in [0.1, 0.15) is 11.3 Å². The molecule has 28 heavy (non-hydrogen) atoms. The Kier molecular flexibility index (Phi) is 5.78. The number of hydrogen-bond acceptors (Lipinski definition) is 5. The number of rotatable bonds is 5. The van der Waals surface area contributed by atoms with Crippen LogP contribution in [0.4, 0.5) is 18.0 Å². The van der Waals surface area contributed by atoms with Crippen molar-refractivity contribution in [1.29, 1.82) is 0 Å². The molecule has 0 saturated carbocycles. The zero-order valence-corrected chi connectivity index (χ0v) is 14.9. The van der Waals surface area contributed by atoms with Crippen molar-refractivity contribution in [2.75, 3.05) is 6.54 Å². The number of alkyl halides is 3. The van der Waals surface area contributed by atoms with Crippen LogP contribution in [-0.4, -0.2) is 32.6 Å². The first-order valence-electron chi connectivity index (χ1n) is 7.99. The van der Waals surface area contributed by atoms with E-state index in [0.29, 0.717) is 11.1 Å². The van der Waals surface area contributed by atoms with Crippen LogP contribution in [0.3, 0.4) is 0 Å². The smallest absolute Gasteiger partial charge is 0.406 e. The molecule has 0 unspecified atom stereocenters. The highest BCUT2D eigenvalue weighted by Gasteiger charge is 2.41. The summed E-state index contributed by atoms with van der Waals surface area (Å²) in [7, 11) is 0. The number of aromatic nitrogens is 4. The molecule has 0 aliphatic heterocycles. The van der Waals surface area contributed by atoms with Gasteiger partial charge in [0, 0.05) is 6.54 Å². The van der Waals surface area contributed by atoms with E-state index in [0.717, 1.165) is 11.8 Å². The molecule has 146 valence electrons. The quantitative estimate of drug-likeness (QED) is 0.692. The van der Waals surface area contributed by atoms with Gasteiger partial charge in [0.15, 0.2) is 22.4 Å². The number of carbonyl (C=O) groups excluding carboxylic acids is 1. The second-order valence-corrected chi connectivity index (χ2v) is 5.92. The SMILES string of the molecule is O=C(NCCc1ccccc1)Oc1cnn(-c2ccc(Cl)nn2)c1C(F)(F)F. The lowest BCUT2D eigenvalue weighted by Gasteiger charge is -2.12. The highest BCUT2D eigenvalue weighted by molar-refractivity contribution is 6.29. The second kappa shape index (κ2) is 8.26. The molecule has 0 bridgehead atoms. The van der Waals surface area contributed by atoms with Crippen molar-refractivity contribution in [2.45, 2.75) is 12.6 Å². The van der Waals surface area contributed by atoms with Crippen LogP contribution >= 0.6 is 11.6 Å².